The number of carbonyl (C=O) groups is 1. The minimum absolute atomic E-state index is 0.225. The maximum Gasteiger partial charge on any atom is 0.225 e. The molecule has 0 N–H and O–H groups in total. The summed E-state index contributed by atoms with van der Waals surface area (Å²) in [5.41, 5.74) is 1.17. The van der Waals surface area contributed by atoms with Crippen LogP contribution in [0.25, 0.3) is 0 Å². The van der Waals surface area contributed by atoms with Crippen molar-refractivity contribution in [3.63, 3.8) is 0 Å². The van der Waals surface area contributed by atoms with Gasteiger partial charge >= 0.3 is 0 Å². The number of hydrogen-bond donors (Lipinski definition) is 0. The van der Waals surface area contributed by atoms with E-state index in [2.05, 4.69) is 15.9 Å². The lowest BCUT2D eigenvalue weighted by Crippen LogP contribution is -2.41. The van der Waals surface area contributed by atoms with Crippen LogP contribution in [0.15, 0.2) is 24.3 Å². The van der Waals surface area contributed by atoms with Gasteiger partial charge in [-0.25, -0.2) is 0 Å². The predicted octanol–water partition coefficient (Wildman–Crippen LogP) is 3.18. The first-order valence-corrected chi connectivity index (χ1v) is 7.91. The number of anilines is 1. The fraction of sp³-hybridized carbons (Fsp3) is 0.562. The highest BCUT2D eigenvalue weighted by molar-refractivity contribution is 6.30. The van der Waals surface area contributed by atoms with Crippen LogP contribution in [0.3, 0.4) is 0 Å². The zero-order chi connectivity index (χ0) is 13.9. The second-order valence-corrected chi connectivity index (χ2v) is 6.21. The van der Waals surface area contributed by atoms with Crippen LogP contribution in [0.4, 0.5) is 5.69 Å². The fourth-order valence-electron chi connectivity index (χ4n) is 3.25. The SMILES string of the molecule is O=C(C1CCN(c2cccc(Cl)c2)CC1)N1CCCC1. The number of nitrogens with zero attached hydrogens (tertiary/aromatic N) is 2. The number of carbonyl (C=O) groups excluding carboxylic acids is 1. The molecule has 0 radical (unpaired) electrons. The molecule has 20 heavy (non-hydrogen) atoms. The van der Waals surface area contributed by atoms with E-state index in [1.165, 1.54) is 18.5 Å². The van der Waals surface area contributed by atoms with Crippen LogP contribution < -0.4 is 4.90 Å². The minimum atomic E-state index is 0.225. The maximum absolute atomic E-state index is 12.4. The maximum atomic E-state index is 12.4. The van der Waals surface area contributed by atoms with Gasteiger partial charge in [-0.2, -0.15) is 0 Å². The van der Waals surface area contributed by atoms with E-state index < -0.39 is 0 Å². The molecule has 4 heteroatoms. The highest BCUT2D eigenvalue weighted by Gasteiger charge is 2.29. The van der Waals surface area contributed by atoms with E-state index in [1.54, 1.807) is 0 Å². The van der Waals surface area contributed by atoms with Gasteiger partial charge in [0.2, 0.25) is 5.91 Å². The van der Waals surface area contributed by atoms with Crippen LogP contribution >= 0.6 is 11.6 Å². The van der Waals surface area contributed by atoms with Gasteiger partial charge < -0.3 is 9.80 Å². The molecule has 2 saturated heterocycles. The van der Waals surface area contributed by atoms with E-state index in [9.17, 15) is 4.79 Å². The van der Waals surface area contributed by atoms with E-state index in [0.717, 1.165) is 44.0 Å². The summed E-state index contributed by atoms with van der Waals surface area (Å²) in [5, 5.41) is 0.776. The van der Waals surface area contributed by atoms with Gasteiger partial charge in [-0.1, -0.05) is 17.7 Å². The van der Waals surface area contributed by atoms with Gasteiger partial charge in [0.05, 0.1) is 0 Å². The Morgan fingerprint density at radius 2 is 1.80 bits per heavy atom. The average molecular weight is 293 g/mol. The number of benzene rings is 1. The molecule has 0 bridgehead atoms. The molecule has 1 amide bonds. The van der Waals surface area contributed by atoms with Gasteiger partial charge in [-0.05, 0) is 43.9 Å². The molecule has 2 fully saturated rings. The van der Waals surface area contributed by atoms with Crippen molar-refractivity contribution in [2.24, 2.45) is 5.92 Å². The summed E-state index contributed by atoms with van der Waals surface area (Å²) in [5.74, 6) is 0.608. The van der Waals surface area contributed by atoms with E-state index in [1.807, 2.05) is 18.2 Å². The van der Waals surface area contributed by atoms with Gasteiger partial charge in [0.1, 0.15) is 0 Å². The van der Waals surface area contributed by atoms with E-state index >= 15 is 0 Å². The van der Waals surface area contributed by atoms with Crippen molar-refractivity contribution in [2.45, 2.75) is 25.7 Å². The van der Waals surface area contributed by atoms with Crippen molar-refractivity contribution in [1.82, 2.24) is 4.90 Å². The average Bonchev–Trinajstić information content (AvgIpc) is 3.01. The molecule has 3 rings (SSSR count). The summed E-state index contributed by atoms with van der Waals surface area (Å²) >= 11 is 6.04. The third-order valence-electron chi connectivity index (χ3n) is 4.44. The van der Waals surface area contributed by atoms with Crippen LogP contribution in [0.5, 0.6) is 0 Å². The zero-order valence-electron chi connectivity index (χ0n) is 11.7. The number of rotatable bonds is 2. The Balaban J connectivity index is 1.58. The van der Waals surface area contributed by atoms with Gasteiger partial charge in [-0.3, -0.25) is 4.79 Å². The molecule has 1 aromatic rings. The summed E-state index contributed by atoms with van der Waals surface area (Å²) in [6, 6.07) is 7.98. The quantitative estimate of drug-likeness (QED) is 0.836. The Morgan fingerprint density at radius 3 is 2.45 bits per heavy atom. The summed E-state index contributed by atoms with van der Waals surface area (Å²) < 4.78 is 0. The summed E-state index contributed by atoms with van der Waals surface area (Å²) in [4.78, 5) is 16.8. The van der Waals surface area contributed by atoms with Crippen LogP contribution in [0.2, 0.25) is 5.02 Å². The van der Waals surface area contributed by atoms with Crippen molar-refractivity contribution in [3.05, 3.63) is 29.3 Å². The lowest BCUT2D eigenvalue weighted by molar-refractivity contribution is -0.135. The number of piperidine rings is 1. The van der Waals surface area contributed by atoms with Crippen LogP contribution in [0.1, 0.15) is 25.7 Å². The molecular weight excluding hydrogens is 272 g/mol. The second-order valence-electron chi connectivity index (χ2n) is 5.77. The third-order valence-corrected chi connectivity index (χ3v) is 4.67. The molecule has 0 aliphatic carbocycles. The Bertz CT molecular complexity index is 477. The monoisotopic (exact) mass is 292 g/mol. The van der Waals surface area contributed by atoms with Crippen molar-refractivity contribution < 1.29 is 4.79 Å². The summed E-state index contributed by atoms with van der Waals surface area (Å²) in [6.07, 6.45) is 4.27. The van der Waals surface area contributed by atoms with Gasteiger partial charge in [0.15, 0.2) is 0 Å². The molecule has 0 saturated carbocycles. The summed E-state index contributed by atoms with van der Waals surface area (Å²) in [7, 11) is 0. The molecule has 0 aromatic heterocycles. The standard InChI is InChI=1S/C16H21ClN2O/c17-14-4-3-5-15(12-14)18-10-6-13(7-11-18)16(20)19-8-1-2-9-19/h3-5,12-13H,1-2,6-11H2. The molecule has 2 aliphatic heterocycles. The summed E-state index contributed by atoms with van der Waals surface area (Å²) in [6.45, 7) is 3.83. The highest BCUT2D eigenvalue weighted by Crippen LogP contribution is 2.27. The lowest BCUT2D eigenvalue weighted by atomic mass is 9.95. The molecular formula is C16H21ClN2O. The normalized spacial score (nSPS) is 20.4. The highest BCUT2D eigenvalue weighted by atomic mass is 35.5. The van der Waals surface area contributed by atoms with Crippen molar-refractivity contribution >= 4 is 23.2 Å². The van der Waals surface area contributed by atoms with Crippen molar-refractivity contribution in [1.29, 1.82) is 0 Å². The van der Waals surface area contributed by atoms with Gasteiger partial charge in [0.25, 0.3) is 0 Å². The first kappa shape index (κ1) is 13.7. The number of amides is 1. The second kappa shape index (κ2) is 6.04. The topological polar surface area (TPSA) is 23.6 Å². The van der Waals surface area contributed by atoms with Gasteiger partial charge in [0, 0.05) is 42.8 Å². The number of halogens is 1. The molecule has 0 spiro atoms. The molecule has 108 valence electrons. The minimum Gasteiger partial charge on any atom is -0.371 e. The van der Waals surface area contributed by atoms with Crippen molar-refractivity contribution in [3.8, 4) is 0 Å². The molecule has 0 atom stereocenters. The van der Waals surface area contributed by atoms with Gasteiger partial charge in [-0.15, -0.1) is 0 Å². The van der Waals surface area contributed by atoms with Crippen LogP contribution in [0, 0.1) is 5.92 Å². The molecule has 3 nitrogen and oxygen atoms in total. The molecule has 0 unspecified atom stereocenters. The number of likely N-dealkylation sites (tertiary alicyclic amines) is 1. The fourth-order valence-corrected chi connectivity index (χ4v) is 3.44. The predicted molar refractivity (Wildman–Crippen MR) is 82.2 cm³/mol. The Morgan fingerprint density at radius 1 is 1.10 bits per heavy atom. The Hall–Kier alpha value is -1.22. The smallest absolute Gasteiger partial charge is 0.225 e. The third kappa shape index (κ3) is 2.93. The largest absolute Gasteiger partial charge is 0.371 e. The van der Waals surface area contributed by atoms with Crippen LogP contribution in [-0.4, -0.2) is 37.0 Å². The lowest BCUT2D eigenvalue weighted by Gasteiger charge is -2.34. The molecule has 2 heterocycles. The first-order chi connectivity index (χ1) is 9.74. The van der Waals surface area contributed by atoms with Crippen molar-refractivity contribution in [2.75, 3.05) is 31.1 Å². The number of hydrogen-bond acceptors (Lipinski definition) is 2. The zero-order valence-corrected chi connectivity index (χ0v) is 12.5. The molecule has 1 aromatic carbocycles. The van der Waals surface area contributed by atoms with E-state index in [0.29, 0.717) is 5.91 Å². The molecule has 2 aliphatic rings. The van der Waals surface area contributed by atoms with Crippen LogP contribution in [-0.2, 0) is 4.79 Å². The van der Waals surface area contributed by atoms with E-state index in [4.69, 9.17) is 11.6 Å². The first-order valence-electron chi connectivity index (χ1n) is 7.53. The Kier molecular flexibility index (Phi) is 4.16. The Labute approximate surface area is 125 Å². The van der Waals surface area contributed by atoms with E-state index in [-0.39, 0.29) is 5.92 Å².